The first-order valence-electron chi connectivity index (χ1n) is 8.57. The van der Waals surface area contributed by atoms with Gasteiger partial charge >= 0.3 is 0 Å². The van der Waals surface area contributed by atoms with Gasteiger partial charge in [-0.25, -0.2) is 12.8 Å². The predicted molar refractivity (Wildman–Crippen MR) is 111 cm³/mol. The highest BCUT2D eigenvalue weighted by Crippen LogP contribution is 2.15. The van der Waals surface area contributed by atoms with Crippen LogP contribution in [-0.4, -0.2) is 44.7 Å². The summed E-state index contributed by atoms with van der Waals surface area (Å²) in [6, 6.07) is 7.82. The first-order valence-corrected chi connectivity index (χ1v) is 12.6. The van der Waals surface area contributed by atoms with Crippen LogP contribution < -0.4 is 10.0 Å². The van der Waals surface area contributed by atoms with E-state index in [9.17, 15) is 17.6 Å². The van der Waals surface area contributed by atoms with Crippen LogP contribution in [0.25, 0.3) is 0 Å². The van der Waals surface area contributed by atoms with Crippen LogP contribution in [0.4, 0.5) is 4.39 Å². The highest BCUT2D eigenvalue weighted by Gasteiger charge is 2.27. The standard InChI is InChI=1S/C18H23FN2O4S3/c1-26-11-8-16(21-28(23,24)17-7-3-2-6-15(17)19)18(22)20-9-12-27-13-14-5-4-10-25-14/h2-7,10,16,21H,8-9,11-13H2,1H3,(H,20,22)/t16-/m0/s1. The van der Waals surface area contributed by atoms with E-state index in [2.05, 4.69) is 10.0 Å². The number of carbonyl (C=O) groups is 1. The molecular weight excluding hydrogens is 423 g/mol. The van der Waals surface area contributed by atoms with Crippen LogP contribution in [0.3, 0.4) is 0 Å². The molecule has 6 nitrogen and oxygen atoms in total. The number of nitrogens with one attached hydrogen (secondary N) is 2. The number of carbonyl (C=O) groups excluding carboxylic acids is 1. The van der Waals surface area contributed by atoms with E-state index in [0.717, 1.165) is 11.8 Å². The van der Waals surface area contributed by atoms with Crippen molar-refractivity contribution < 1.29 is 22.0 Å². The molecule has 1 aromatic carbocycles. The lowest BCUT2D eigenvalue weighted by atomic mass is 10.2. The Kier molecular flexibility index (Phi) is 9.36. The zero-order valence-corrected chi connectivity index (χ0v) is 17.8. The molecule has 2 N–H and O–H groups in total. The van der Waals surface area contributed by atoms with Gasteiger partial charge in [0.15, 0.2) is 0 Å². The van der Waals surface area contributed by atoms with Crippen LogP contribution in [-0.2, 0) is 20.6 Å². The fourth-order valence-corrected chi connectivity index (χ4v) is 4.87. The molecule has 2 aromatic rings. The molecule has 0 bridgehead atoms. The van der Waals surface area contributed by atoms with Crippen molar-refractivity contribution in [2.75, 3.05) is 24.3 Å². The van der Waals surface area contributed by atoms with Crippen LogP contribution >= 0.6 is 23.5 Å². The van der Waals surface area contributed by atoms with E-state index in [4.69, 9.17) is 4.42 Å². The number of benzene rings is 1. The van der Waals surface area contributed by atoms with Gasteiger partial charge in [-0.2, -0.15) is 28.2 Å². The maximum absolute atomic E-state index is 13.9. The normalized spacial score (nSPS) is 12.6. The van der Waals surface area contributed by atoms with Gasteiger partial charge in [0.1, 0.15) is 22.5 Å². The smallest absolute Gasteiger partial charge is 0.244 e. The van der Waals surface area contributed by atoms with Crippen molar-refractivity contribution in [3.8, 4) is 0 Å². The quantitative estimate of drug-likeness (QED) is 0.488. The molecule has 154 valence electrons. The topological polar surface area (TPSA) is 88.4 Å². The molecule has 0 unspecified atom stereocenters. The minimum Gasteiger partial charge on any atom is -0.468 e. The van der Waals surface area contributed by atoms with Gasteiger partial charge in [0.25, 0.3) is 0 Å². The highest BCUT2D eigenvalue weighted by molar-refractivity contribution is 7.98. The number of amides is 1. The molecule has 0 aliphatic heterocycles. The second kappa shape index (κ2) is 11.5. The van der Waals surface area contributed by atoms with Gasteiger partial charge in [-0.3, -0.25) is 4.79 Å². The molecule has 1 heterocycles. The number of thioether (sulfide) groups is 2. The van der Waals surface area contributed by atoms with Gasteiger partial charge in [0.2, 0.25) is 15.9 Å². The van der Waals surface area contributed by atoms with Gasteiger partial charge in [0.05, 0.1) is 12.0 Å². The Balaban J connectivity index is 1.90. The van der Waals surface area contributed by atoms with E-state index in [1.807, 2.05) is 18.4 Å². The van der Waals surface area contributed by atoms with Crippen molar-refractivity contribution >= 4 is 39.5 Å². The number of hydrogen-bond acceptors (Lipinski definition) is 6. The molecule has 28 heavy (non-hydrogen) atoms. The van der Waals surface area contributed by atoms with Gasteiger partial charge in [-0.15, -0.1) is 0 Å². The van der Waals surface area contributed by atoms with Crippen LogP contribution in [0, 0.1) is 5.82 Å². The maximum atomic E-state index is 13.9. The van der Waals surface area contributed by atoms with Crippen molar-refractivity contribution in [2.24, 2.45) is 0 Å². The third-order valence-electron chi connectivity index (χ3n) is 3.72. The monoisotopic (exact) mass is 446 g/mol. The lowest BCUT2D eigenvalue weighted by molar-refractivity contribution is -0.122. The summed E-state index contributed by atoms with van der Waals surface area (Å²) in [6.07, 6.45) is 3.78. The van der Waals surface area contributed by atoms with Gasteiger partial charge in [-0.05, 0) is 42.7 Å². The molecule has 0 radical (unpaired) electrons. The molecule has 0 spiro atoms. The lowest BCUT2D eigenvalue weighted by Gasteiger charge is -2.18. The van der Waals surface area contributed by atoms with Crippen molar-refractivity contribution in [2.45, 2.75) is 23.1 Å². The third-order valence-corrected chi connectivity index (χ3v) is 6.85. The van der Waals surface area contributed by atoms with E-state index in [0.29, 0.717) is 30.2 Å². The fourth-order valence-electron chi connectivity index (χ4n) is 2.33. The van der Waals surface area contributed by atoms with Crippen molar-refractivity contribution in [3.05, 3.63) is 54.2 Å². The number of sulfonamides is 1. The molecule has 0 aliphatic carbocycles. The lowest BCUT2D eigenvalue weighted by Crippen LogP contribution is -2.47. The zero-order valence-electron chi connectivity index (χ0n) is 15.4. The minimum absolute atomic E-state index is 0.306. The fraction of sp³-hybridized carbons (Fsp3) is 0.389. The van der Waals surface area contributed by atoms with Crippen molar-refractivity contribution in [1.82, 2.24) is 10.0 Å². The molecule has 2 rings (SSSR count). The van der Waals surface area contributed by atoms with Crippen molar-refractivity contribution in [1.29, 1.82) is 0 Å². The van der Waals surface area contributed by atoms with E-state index in [1.54, 1.807) is 18.0 Å². The van der Waals surface area contributed by atoms with E-state index >= 15 is 0 Å². The van der Waals surface area contributed by atoms with E-state index < -0.39 is 32.7 Å². The zero-order chi connectivity index (χ0) is 20.4. The maximum Gasteiger partial charge on any atom is 0.244 e. The van der Waals surface area contributed by atoms with Crippen LogP contribution in [0.5, 0.6) is 0 Å². The van der Waals surface area contributed by atoms with Crippen molar-refractivity contribution in [3.63, 3.8) is 0 Å². The Labute approximate surface area is 173 Å². The Hall–Kier alpha value is -1.49. The van der Waals surface area contributed by atoms with E-state index in [1.165, 1.54) is 30.0 Å². The number of halogens is 1. The first kappa shape index (κ1) is 22.8. The molecular formula is C18H23FN2O4S3. The summed E-state index contributed by atoms with van der Waals surface area (Å²) >= 11 is 3.09. The Morgan fingerprint density at radius 1 is 1.21 bits per heavy atom. The number of rotatable bonds is 12. The average molecular weight is 447 g/mol. The summed E-state index contributed by atoms with van der Waals surface area (Å²) in [4.78, 5) is 12.0. The van der Waals surface area contributed by atoms with Gasteiger partial charge < -0.3 is 9.73 Å². The molecule has 0 saturated carbocycles. The van der Waals surface area contributed by atoms with Crippen LogP contribution in [0.1, 0.15) is 12.2 Å². The Morgan fingerprint density at radius 2 is 2.00 bits per heavy atom. The largest absolute Gasteiger partial charge is 0.468 e. The summed E-state index contributed by atoms with van der Waals surface area (Å²) in [5.41, 5.74) is 0. The summed E-state index contributed by atoms with van der Waals surface area (Å²) in [7, 11) is -4.14. The number of furan rings is 1. The predicted octanol–water partition coefficient (Wildman–Crippen LogP) is 2.87. The van der Waals surface area contributed by atoms with Gasteiger partial charge in [-0.1, -0.05) is 12.1 Å². The highest BCUT2D eigenvalue weighted by atomic mass is 32.2. The third kappa shape index (κ3) is 7.16. The minimum atomic E-state index is -4.14. The first-order chi connectivity index (χ1) is 13.4. The Morgan fingerprint density at radius 3 is 2.68 bits per heavy atom. The summed E-state index contributed by atoms with van der Waals surface area (Å²) < 4.78 is 46.4. The summed E-state index contributed by atoms with van der Waals surface area (Å²) in [6.45, 7) is 0.390. The Bertz CT molecular complexity index is 844. The molecule has 10 heteroatoms. The average Bonchev–Trinajstić information content (AvgIpc) is 3.18. The molecule has 0 aliphatic rings. The molecule has 0 saturated heterocycles. The second-order valence-corrected chi connectivity index (χ2v) is 9.58. The second-order valence-electron chi connectivity index (χ2n) is 5.81. The van der Waals surface area contributed by atoms with Crippen LogP contribution in [0.15, 0.2) is 52.0 Å². The molecule has 1 aromatic heterocycles. The molecule has 1 amide bonds. The SMILES string of the molecule is CSCC[C@H](NS(=O)(=O)c1ccccc1F)C(=O)NCCSCc1ccco1. The molecule has 0 fully saturated rings. The number of hydrogen-bond donors (Lipinski definition) is 2. The van der Waals surface area contributed by atoms with Gasteiger partial charge in [0, 0.05) is 12.3 Å². The van der Waals surface area contributed by atoms with E-state index in [-0.39, 0.29) is 0 Å². The summed E-state index contributed by atoms with van der Waals surface area (Å²) in [5.74, 6) is 1.51. The summed E-state index contributed by atoms with van der Waals surface area (Å²) in [5, 5.41) is 2.74. The molecule has 1 atom stereocenters. The van der Waals surface area contributed by atoms with Crippen LogP contribution in [0.2, 0.25) is 0 Å².